The lowest BCUT2D eigenvalue weighted by atomic mass is 9.98. The smallest absolute Gasteiger partial charge is 0.348 e. The molecule has 0 radical (unpaired) electrons. The maximum Gasteiger partial charge on any atom is 0.348 e. The SMILES string of the molecule is CCOc1ccc(N2C(=O)C(=O)C3=C(c4ccc(Cl)cc4)Nc4ccccc4SC32C(=O)OC)cc1. The van der Waals surface area contributed by atoms with Gasteiger partial charge < -0.3 is 14.8 Å². The number of hydrogen-bond acceptors (Lipinski definition) is 7. The van der Waals surface area contributed by atoms with Crippen LogP contribution >= 0.6 is 23.4 Å². The molecule has 2 aliphatic heterocycles. The van der Waals surface area contributed by atoms with Gasteiger partial charge in [0.05, 0.1) is 30.7 Å². The number of nitrogens with zero attached hydrogens (tertiary/aromatic N) is 1. The fourth-order valence-electron chi connectivity index (χ4n) is 4.38. The molecule has 0 saturated carbocycles. The molecule has 3 aromatic rings. The van der Waals surface area contributed by atoms with Crippen molar-refractivity contribution in [1.82, 2.24) is 0 Å². The number of hydrogen-bond donors (Lipinski definition) is 1. The molecule has 1 saturated heterocycles. The van der Waals surface area contributed by atoms with E-state index in [9.17, 15) is 14.4 Å². The van der Waals surface area contributed by atoms with Gasteiger partial charge in [0.1, 0.15) is 5.75 Å². The predicted octanol–water partition coefficient (Wildman–Crippen LogP) is 5.15. The molecule has 1 fully saturated rings. The highest BCUT2D eigenvalue weighted by atomic mass is 35.5. The summed E-state index contributed by atoms with van der Waals surface area (Å²) >= 11 is 7.20. The Balaban J connectivity index is 1.82. The number of carbonyl (C=O) groups is 3. The molecular weight excluding hydrogens is 500 g/mol. The first kappa shape index (κ1) is 24.0. The van der Waals surface area contributed by atoms with Crippen LogP contribution in [-0.4, -0.2) is 36.2 Å². The number of ether oxygens (including phenoxy) is 2. The molecule has 36 heavy (non-hydrogen) atoms. The molecule has 1 unspecified atom stereocenters. The molecular formula is C27H21ClN2O5S. The third kappa shape index (κ3) is 3.73. The van der Waals surface area contributed by atoms with E-state index in [0.29, 0.717) is 44.9 Å². The topological polar surface area (TPSA) is 84.9 Å². The van der Waals surface area contributed by atoms with Gasteiger partial charge in [0.15, 0.2) is 0 Å². The number of amides is 1. The second-order valence-electron chi connectivity index (χ2n) is 8.01. The predicted molar refractivity (Wildman–Crippen MR) is 139 cm³/mol. The van der Waals surface area contributed by atoms with Crippen LogP contribution in [0.3, 0.4) is 0 Å². The summed E-state index contributed by atoms with van der Waals surface area (Å²) in [7, 11) is 1.24. The van der Waals surface area contributed by atoms with E-state index in [1.165, 1.54) is 12.0 Å². The molecule has 1 atom stereocenters. The van der Waals surface area contributed by atoms with E-state index in [2.05, 4.69) is 5.32 Å². The van der Waals surface area contributed by atoms with Crippen LogP contribution in [0.25, 0.3) is 5.70 Å². The van der Waals surface area contributed by atoms with Crippen LogP contribution in [0.2, 0.25) is 5.02 Å². The van der Waals surface area contributed by atoms with Crippen LogP contribution in [0.15, 0.2) is 83.3 Å². The summed E-state index contributed by atoms with van der Waals surface area (Å²) < 4.78 is 10.8. The Kier molecular flexibility index (Phi) is 6.24. The average molecular weight is 521 g/mol. The highest BCUT2D eigenvalue weighted by Gasteiger charge is 2.64. The first-order chi connectivity index (χ1) is 17.4. The van der Waals surface area contributed by atoms with E-state index in [0.717, 1.165) is 11.8 Å². The van der Waals surface area contributed by atoms with Gasteiger partial charge in [-0.25, -0.2) is 4.79 Å². The molecule has 5 rings (SSSR count). The Morgan fingerprint density at radius 1 is 1.03 bits per heavy atom. The van der Waals surface area contributed by atoms with Gasteiger partial charge >= 0.3 is 11.9 Å². The zero-order chi connectivity index (χ0) is 25.4. The van der Waals surface area contributed by atoms with Crippen LogP contribution in [0, 0.1) is 0 Å². The van der Waals surface area contributed by atoms with Crippen molar-refractivity contribution in [2.45, 2.75) is 16.7 Å². The second kappa shape index (κ2) is 9.37. The maximum atomic E-state index is 13.7. The summed E-state index contributed by atoms with van der Waals surface area (Å²) in [6.45, 7) is 2.34. The van der Waals surface area contributed by atoms with E-state index >= 15 is 0 Å². The third-order valence-electron chi connectivity index (χ3n) is 5.93. The van der Waals surface area contributed by atoms with Crippen LogP contribution in [0.5, 0.6) is 5.75 Å². The number of ketones is 1. The highest BCUT2D eigenvalue weighted by molar-refractivity contribution is 8.02. The summed E-state index contributed by atoms with van der Waals surface area (Å²) in [4.78, 5) is 41.1. The molecule has 1 amide bonds. The molecule has 2 aliphatic rings. The Morgan fingerprint density at radius 3 is 2.39 bits per heavy atom. The third-order valence-corrected chi connectivity index (χ3v) is 7.61. The Labute approximate surface area is 217 Å². The van der Waals surface area contributed by atoms with Crippen molar-refractivity contribution in [3.05, 3.63) is 89.0 Å². The number of benzene rings is 3. The van der Waals surface area contributed by atoms with Crippen LogP contribution in [-0.2, 0) is 19.1 Å². The van der Waals surface area contributed by atoms with Gasteiger partial charge in [0.25, 0.3) is 5.78 Å². The number of carbonyl (C=O) groups excluding carboxylic acids is 3. The summed E-state index contributed by atoms with van der Waals surface area (Å²) in [6.07, 6.45) is 0. The zero-order valence-electron chi connectivity index (χ0n) is 19.4. The zero-order valence-corrected chi connectivity index (χ0v) is 21.0. The largest absolute Gasteiger partial charge is 0.494 e. The minimum atomic E-state index is -1.81. The number of nitrogens with one attached hydrogen (secondary N) is 1. The molecule has 182 valence electrons. The fraction of sp³-hybridized carbons (Fsp3) is 0.148. The Hall–Kier alpha value is -3.75. The van der Waals surface area contributed by atoms with E-state index in [-0.39, 0.29) is 5.57 Å². The summed E-state index contributed by atoms with van der Waals surface area (Å²) in [5.41, 5.74) is 1.97. The number of para-hydroxylation sites is 1. The van der Waals surface area contributed by atoms with Crippen molar-refractivity contribution in [2.24, 2.45) is 0 Å². The minimum absolute atomic E-state index is 0.00300. The molecule has 0 aromatic heterocycles. The molecule has 7 nitrogen and oxygen atoms in total. The van der Waals surface area contributed by atoms with Gasteiger partial charge in [-0.3, -0.25) is 14.5 Å². The molecule has 1 N–H and O–H groups in total. The fourth-order valence-corrected chi connectivity index (χ4v) is 5.94. The van der Waals surface area contributed by atoms with E-state index in [4.69, 9.17) is 21.1 Å². The second-order valence-corrected chi connectivity index (χ2v) is 9.68. The lowest BCUT2D eigenvalue weighted by molar-refractivity contribution is -0.142. The molecule has 0 aliphatic carbocycles. The molecule has 9 heteroatoms. The maximum absolute atomic E-state index is 13.7. The van der Waals surface area contributed by atoms with E-state index in [1.54, 1.807) is 48.5 Å². The normalized spacial score (nSPS) is 18.8. The first-order valence-corrected chi connectivity index (χ1v) is 12.4. The van der Waals surface area contributed by atoms with Crippen molar-refractivity contribution >= 4 is 58.1 Å². The van der Waals surface area contributed by atoms with E-state index < -0.39 is 22.5 Å². The van der Waals surface area contributed by atoms with Crippen molar-refractivity contribution < 1.29 is 23.9 Å². The van der Waals surface area contributed by atoms with Gasteiger partial charge in [-0.05, 0) is 61.0 Å². The minimum Gasteiger partial charge on any atom is -0.494 e. The monoisotopic (exact) mass is 520 g/mol. The molecule has 3 aromatic carbocycles. The molecule has 0 bridgehead atoms. The van der Waals surface area contributed by atoms with Gasteiger partial charge in [-0.15, -0.1) is 0 Å². The van der Waals surface area contributed by atoms with Crippen molar-refractivity contribution in [3.8, 4) is 5.75 Å². The number of anilines is 2. The van der Waals surface area contributed by atoms with Crippen molar-refractivity contribution in [3.63, 3.8) is 0 Å². The van der Waals surface area contributed by atoms with Crippen molar-refractivity contribution in [1.29, 1.82) is 0 Å². The number of esters is 1. The lowest BCUT2D eigenvalue weighted by Crippen LogP contribution is -2.51. The lowest BCUT2D eigenvalue weighted by Gasteiger charge is -2.34. The summed E-state index contributed by atoms with van der Waals surface area (Å²) in [5.74, 6) is -1.78. The van der Waals surface area contributed by atoms with Gasteiger partial charge in [-0.2, -0.15) is 0 Å². The summed E-state index contributed by atoms with van der Waals surface area (Å²) in [5, 5.41) is 3.82. The van der Waals surface area contributed by atoms with Crippen molar-refractivity contribution in [2.75, 3.05) is 23.9 Å². The molecule has 2 heterocycles. The Bertz CT molecular complexity index is 1400. The van der Waals surface area contributed by atoms with E-state index in [1.807, 2.05) is 31.2 Å². The standard InChI is InChI=1S/C27H21ClN2O5S/c1-3-35-19-14-12-18(13-15-19)30-25(32)24(31)22-23(16-8-10-17(28)11-9-16)29-20-6-4-5-7-21(20)36-27(22,30)26(33)34-2/h4-15,29H,3H2,1-2H3. The number of methoxy groups -OCH3 is 1. The van der Waals surface area contributed by atoms with Crippen LogP contribution < -0.4 is 15.0 Å². The highest BCUT2D eigenvalue weighted by Crippen LogP contribution is 2.54. The average Bonchev–Trinajstić information content (AvgIpc) is 3.01. The number of halogens is 1. The number of rotatable bonds is 5. The number of fused-ring (bicyclic) bond motifs is 2. The number of Topliss-reactive ketones (excluding diaryl/α,β-unsaturated/α-hetero) is 1. The Morgan fingerprint density at radius 2 is 1.72 bits per heavy atom. The van der Waals surface area contributed by atoms with Crippen LogP contribution in [0.4, 0.5) is 11.4 Å². The summed E-state index contributed by atoms with van der Waals surface area (Å²) in [6, 6.07) is 20.8. The number of thioether (sulfide) groups is 1. The van der Waals surface area contributed by atoms with Gasteiger partial charge in [0, 0.05) is 15.6 Å². The van der Waals surface area contributed by atoms with Gasteiger partial charge in [-0.1, -0.05) is 47.6 Å². The first-order valence-electron chi connectivity index (χ1n) is 11.2. The van der Waals surface area contributed by atoms with Gasteiger partial charge in [0.2, 0.25) is 4.87 Å². The molecule has 0 spiro atoms. The van der Waals surface area contributed by atoms with Crippen LogP contribution in [0.1, 0.15) is 12.5 Å². The quantitative estimate of drug-likeness (QED) is 0.367.